The van der Waals surface area contributed by atoms with E-state index in [-0.39, 0.29) is 36.1 Å². The topological polar surface area (TPSA) is 63.6 Å². The van der Waals surface area contributed by atoms with Gasteiger partial charge in [0.2, 0.25) is 0 Å². The van der Waals surface area contributed by atoms with Crippen LogP contribution in [0.3, 0.4) is 0 Å². The van der Waals surface area contributed by atoms with Gasteiger partial charge in [-0.25, -0.2) is 0 Å². The fourth-order valence-corrected chi connectivity index (χ4v) is 2.97. The minimum absolute atomic E-state index is 0.0303. The van der Waals surface area contributed by atoms with Crippen molar-refractivity contribution in [2.45, 2.75) is 40.0 Å². The van der Waals surface area contributed by atoms with Crippen LogP contribution in [0.5, 0.6) is 0 Å². The number of carboxylic acid groups (broad SMARTS) is 1. The number of ether oxygens (including phenoxy) is 1. The highest BCUT2D eigenvalue weighted by Gasteiger charge is 2.37. The first-order valence-corrected chi connectivity index (χ1v) is 6.83. The van der Waals surface area contributed by atoms with Crippen molar-refractivity contribution in [2.24, 2.45) is 23.7 Å². The molecule has 0 amide bonds. The molecule has 0 saturated heterocycles. The molecule has 0 radical (unpaired) electrons. The lowest BCUT2D eigenvalue weighted by molar-refractivity contribution is -0.149. The molecule has 0 heterocycles. The molecule has 1 aliphatic rings. The molecule has 1 aliphatic carbocycles. The molecule has 0 aromatic carbocycles. The number of methoxy groups -OCH3 is 1. The van der Waals surface area contributed by atoms with Crippen molar-refractivity contribution in [1.82, 2.24) is 0 Å². The van der Waals surface area contributed by atoms with Gasteiger partial charge >= 0.3 is 11.9 Å². The minimum Gasteiger partial charge on any atom is -0.481 e. The van der Waals surface area contributed by atoms with Crippen molar-refractivity contribution < 1.29 is 19.4 Å². The van der Waals surface area contributed by atoms with Gasteiger partial charge in [-0.15, -0.1) is 0 Å². The van der Waals surface area contributed by atoms with Crippen molar-refractivity contribution in [3.05, 3.63) is 11.6 Å². The molecular formula is C15H24O4. The quantitative estimate of drug-likeness (QED) is 0.615. The maximum absolute atomic E-state index is 11.9. The Morgan fingerprint density at radius 1 is 1.47 bits per heavy atom. The predicted octanol–water partition coefficient (Wildman–Crippen LogP) is 2.88. The van der Waals surface area contributed by atoms with Crippen LogP contribution in [0, 0.1) is 23.7 Å². The lowest BCUT2D eigenvalue weighted by Crippen LogP contribution is -2.35. The largest absolute Gasteiger partial charge is 0.481 e. The second kappa shape index (κ2) is 6.73. The van der Waals surface area contributed by atoms with Gasteiger partial charge < -0.3 is 9.84 Å². The molecule has 0 aromatic heterocycles. The van der Waals surface area contributed by atoms with Gasteiger partial charge in [0.15, 0.2) is 0 Å². The van der Waals surface area contributed by atoms with E-state index < -0.39 is 5.97 Å². The van der Waals surface area contributed by atoms with Crippen LogP contribution in [-0.2, 0) is 14.3 Å². The van der Waals surface area contributed by atoms with Crippen LogP contribution in [0.15, 0.2) is 11.6 Å². The summed E-state index contributed by atoms with van der Waals surface area (Å²) in [5.74, 6) is -1.08. The zero-order valence-corrected chi connectivity index (χ0v) is 12.2. The number of aliphatic carboxylic acids is 1. The second-order valence-electron chi connectivity index (χ2n) is 5.76. The molecule has 0 fully saturated rings. The minimum atomic E-state index is -0.807. The number of rotatable bonds is 5. The standard InChI is InChI=1S/C15H24O4/c1-9(2)12(8-14(16)17)13-7-10(3)5-6-11(13)15(18)19-4/h7,9,11-13H,5-6,8H2,1-4H3,(H,16,17)/t11?,12-,13?/m1/s1. The van der Waals surface area contributed by atoms with Gasteiger partial charge in [0.25, 0.3) is 0 Å². The van der Waals surface area contributed by atoms with Crippen LogP contribution in [-0.4, -0.2) is 24.2 Å². The first-order chi connectivity index (χ1) is 8.86. The van der Waals surface area contributed by atoms with Crippen LogP contribution in [0.2, 0.25) is 0 Å². The highest BCUT2D eigenvalue weighted by Crippen LogP contribution is 2.39. The van der Waals surface area contributed by atoms with Crippen LogP contribution < -0.4 is 0 Å². The molecule has 4 nitrogen and oxygen atoms in total. The average molecular weight is 268 g/mol. The highest BCUT2D eigenvalue weighted by molar-refractivity contribution is 5.73. The van der Waals surface area contributed by atoms with Crippen molar-refractivity contribution in [2.75, 3.05) is 7.11 Å². The maximum atomic E-state index is 11.9. The second-order valence-corrected chi connectivity index (χ2v) is 5.76. The van der Waals surface area contributed by atoms with E-state index in [4.69, 9.17) is 9.84 Å². The lowest BCUT2D eigenvalue weighted by atomic mass is 9.69. The summed E-state index contributed by atoms with van der Waals surface area (Å²) in [5, 5.41) is 9.07. The Hall–Kier alpha value is -1.32. The van der Waals surface area contributed by atoms with E-state index in [0.717, 1.165) is 12.8 Å². The van der Waals surface area contributed by atoms with Gasteiger partial charge in [0, 0.05) is 6.42 Å². The predicted molar refractivity (Wildman–Crippen MR) is 72.6 cm³/mol. The van der Waals surface area contributed by atoms with Crippen molar-refractivity contribution >= 4 is 11.9 Å². The Kier molecular flexibility index (Phi) is 5.58. The molecular weight excluding hydrogens is 244 g/mol. The van der Waals surface area contributed by atoms with E-state index >= 15 is 0 Å². The number of carbonyl (C=O) groups is 2. The number of allylic oxidation sites excluding steroid dienone is 2. The Labute approximate surface area is 114 Å². The summed E-state index contributed by atoms with van der Waals surface area (Å²) in [6, 6.07) is 0. The first-order valence-electron chi connectivity index (χ1n) is 6.83. The van der Waals surface area contributed by atoms with E-state index in [0.29, 0.717) is 0 Å². The van der Waals surface area contributed by atoms with E-state index in [1.54, 1.807) is 0 Å². The summed E-state index contributed by atoms with van der Waals surface area (Å²) < 4.78 is 4.87. The molecule has 19 heavy (non-hydrogen) atoms. The summed E-state index contributed by atoms with van der Waals surface area (Å²) in [7, 11) is 1.39. The fourth-order valence-electron chi connectivity index (χ4n) is 2.97. The fraction of sp³-hybridized carbons (Fsp3) is 0.733. The summed E-state index contributed by atoms with van der Waals surface area (Å²) in [6.45, 7) is 6.07. The summed E-state index contributed by atoms with van der Waals surface area (Å²) in [4.78, 5) is 22.9. The Morgan fingerprint density at radius 2 is 2.11 bits per heavy atom. The molecule has 108 valence electrons. The van der Waals surface area contributed by atoms with Gasteiger partial charge in [-0.3, -0.25) is 9.59 Å². The third kappa shape index (κ3) is 4.08. The number of hydrogen-bond donors (Lipinski definition) is 1. The first kappa shape index (κ1) is 15.7. The molecule has 0 aliphatic heterocycles. The Bertz CT molecular complexity index is 370. The third-order valence-electron chi connectivity index (χ3n) is 4.06. The summed E-state index contributed by atoms with van der Waals surface area (Å²) in [5.41, 5.74) is 1.24. The smallest absolute Gasteiger partial charge is 0.309 e. The lowest BCUT2D eigenvalue weighted by Gasteiger charge is -2.35. The highest BCUT2D eigenvalue weighted by atomic mass is 16.5. The number of hydrogen-bond acceptors (Lipinski definition) is 3. The molecule has 3 atom stereocenters. The zero-order valence-electron chi connectivity index (χ0n) is 12.2. The zero-order chi connectivity index (χ0) is 14.6. The van der Waals surface area contributed by atoms with Crippen LogP contribution in [0.4, 0.5) is 0 Å². The Morgan fingerprint density at radius 3 is 2.58 bits per heavy atom. The molecule has 0 bridgehead atoms. The van der Waals surface area contributed by atoms with E-state index in [9.17, 15) is 9.59 Å². The van der Waals surface area contributed by atoms with Gasteiger partial charge in [-0.2, -0.15) is 0 Å². The van der Waals surface area contributed by atoms with Gasteiger partial charge in [0.05, 0.1) is 13.0 Å². The normalized spacial score (nSPS) is 24.8. The molecule has 0 spiro atoms. The van der Waals surface area contributed by atoms with Crippen molar-refractivity contribution in [3.63, 3.8) is 0 Å². The monoisotopic (exact) mass is 268 g/mol. The number of esters is 1. The van der Waals surface area contributed by atoms with Gasteiger partial charge in [-0.1, -0.05) is 25.5 Å². The van der Waals surface area contributed by atoms with E-state index in [1.165, 1.54) is 12.7 Å². The van der Waals surface area contributed by atoms with Gasteiger partial charge in [0.1, 0.15) is 0 Å². The number of carbonyl (C=O) groups excluding carboxylic acids is 1. The molecule has 0 aromatic rings. The summed E-state index contributed by atoms with van der Waals surface area (Å²) >= 11 is 0. The Balaban J connectivity index is 3.02. The molecule has 2 unspecified atom stereocenters. The van der Waals surface area contributed by atoms with Crippen LogP contribution >= 0.6 is 0 Å². The maximum Gasteiger partial charge on any atom is 0.309 e. The van der Waals surface area contributed by atoms with Crippen LogP contribution in [0.25, 0.3) is 0 Å². The molecule has 0 saturated carbocycles. The van der Waals surface area contributed by atoms with Crippen molar-refractivity contribution in [3.8, 4) is 0 Å². The van der Waals surface area contributed by atoms with E-state index in [2.05, 4.69) is 6.08 Å². The van der Waals surface area contributed by atoms with Crippen LogP contribution in [0.1, 0.15) is 40.0 Å². The van der Waals surface area contributed by atoms with Crippen molar-refractivity contribution in [1.29, 1.82) is 0 Å². The average Bonchev–Trinajstić information content (AvgIpc) is 2.34. The van der Waals surface area contributed by atoms with Gasteiger partial charge in [-0.05, 0) is 37.5 Å². The number of carboxylic acids is 1. The molecule has 1 rings (SSSR count). The third-order valence-corrected chi connectivity index (χ3v) is 4.06. The molecule has 4 heteroatoms. The summed E-state index contributed by atoms with van der Waals surface area (Å²) in [6.07, 6.45) is 3.81. The van der Waals surface area contributed by atoms with E-state index in [1.807, 2.05) is 20.8 Å². The SMILES string of the molecule is COC(=O)C1CCC(C)=CC1[C@H](CC(=O)O)C(C)C. The molecule has 1 N–H and O–H groups in total.